The lowest BCUT2D eigenvalue weighted by Gasteiger charge is -2.10. The van der Waals surface area contributed by atoms with Gasteiger partial charge in [0, 0.05) is 11.3 Å². The van der Waals surface area contributed by atoms with Crippen LogP contribution in [0.1, 0.15) is 21.5 Å². The van der Waals surface area contributed by atoms with Crippen LogP contribution in [-0.2, 0) is 11.3 Å². The molecule has 110 valence electrons. The Morgan fingerprint density at radius 2 is 1.95 bits per heavy atom. The van der Waals surface area contributed by atoms with Gasteiger partial charge < -0.3 is 15.2 Å². The van der Waals surface area contributed by atoms with Gasteiger partial charge in [0.05, 0.1) is 12.7 Å². The summed E-state index contributed by atoms with van der Waals surface area (Å²) in [5.74, 6) is -1.01. The normalized spacial score (nSPS) is 10.2. The Labute approximate surface area is 122 Å². The van der Waals surface area contributed by atoms with E-state index in [2.05, 4.69) is 0 Å². The summed E-state index contributed by atoms with van der Waals surface area (Å²) in [5.41, 5.74) is 7.51. The van der Waals surface area contributed by atoms with Gasteiger partial charge >= 0.3 is 5.97 Å². The largest absolute Gasteiger partial charge is 0.494 e. The molecule has 2 aromatic carbocycles. The van der Waals surface area contributed by atoms with E-state index >= 15 is 0 Å². The number of aryl methyl sites for hydroxylation is 1. The molecule has 0 heterocycles. The molecule has 0 atom stereocenters. The van der Waals surface area contributed by atoms with Crippen LogP contribution >= 0.6 is 0 Å². The van der Waals surface area contributed by atoms with Crippen LogP contribution in [0.15, 0.2) is 36.4 Å². The quantitative estimate of drug-likeness (QED) is 0.694. The second kappa shape index (κ2) is 6.26. The number of para-hydroxylation sites is 1. The predicted molar refractivity (Wildman–Crippen MR) is 77.7 cm³/mol. The first-order chi connectivity index (χ1) is 10.0. The lowest BCUT2D eigenvalue weighted by Crippen LogP contribution is -2.10. The van der Waals surface area contributed by atoms with Gasteiger partial charge in [-0.15, -0.1) is 0 Å². The van der Waals surface area contributed by atoms with Crippen LogP contribution in [0, 0.1) is 12.7 Å². The third-order valence-corrected chi connectivity index (χ3v) is 3.17. The number of methoxy groups -OCH3 is 1. The average molecular weight is 289 g/mol. The first-order valence-electron chi connectivity index (χ1n) is 6.38. The van der Waals surface area contributed by atoms with E-state index in [1.165, 1.54) is 19.2 Å². The van der Waals surface area contributed by atoms with Crippen molar-refractivity contribution in [3.8, 4) is 5.75 Å². The van der Waals surface area contributed by atoms with Gasteiger partial charge in [-0.2, -0.15) is 0 Å². The number of nitrogens with two attached hydrogens (primary N) is 1. The maximum atomic E-state index is 13.9. The van der Waals surface area contributed by atoms with Crippen molar-refractivity contribution in [1.29, 1.82) is 0 Å². The molecule has 0 bridgehead atoms. The maximum absolute atomic E-state index is 13.9. The molecule has 0 aromatic heterocycles. The zero-order chi connectivity index (χ0) is 15.4. The van der Waals surface area contributed by atoms with E-state index in [4.69, 9.17) is 15.2 Å². The number of ether oxygens (including phenoxy) is 2. The molecule has 0 fully saturated rings. The second-order valence-electron chi connectivity index (χ2n) is 4.55. The van der Waals surface area contributed by atoms with Crippen molar-refractivity contribution in [2.45, 2.75) is 13.5 Å². The van der Waals surface area contributed by atoms with Crippen LogP contribution in [0.5, 0.6) is 5.75 Å². The average Bonchev–Trinajstić information content (AvgIpc) is 2.48. The van der Waals surface area contributed by atoms with Crippen LogP contribution in [-0.4, -0.2) is 13.1 Å². The van der Waals surface area contributed by atoms with Gasteiger partial charge in [-0.1, -0.05) is 24.3 Å². The van der Waals surface area contributed by atoms with E-state index < -0.39 is 11.8 Å². The van der Waals surface area contributed by atoms with E-state index in [1.807, 2.05) is 0 Å². The van der Waals surface area contributed by atoms with Crippen molar-refractivity contribution in [3.05, 3.63) is 58.9 Å². The Kier molecular flexibility index (Phi) is 4.42. The van der Waals surface area contributed by atoms with Crippen LogP contribution in [0.3, 0.4) is 0 Å². The Morgan fingerprint density at radius 3 is 2.67 bits per heavy atom. The highest BCUT2D eigenvalue weighted by molar-refractivity contribution is 5.95. The molecule has 4 nitrogen and oxygen atoms in total. The number of carbonyl (C=O) groups excluding carboxylic acids is 1. The SMILES string of the molecule is COc1cccc(COC(=O)c2cccc(C)c2N)c1F. The summed E-state index contributed by atoms with van der Waals surface area (Å²) in [6, 6.07) is 9.75. The number of halogens is 1. The number of nitrogen functional groups attached to an aromatic ring is 1. The molecule has 2 aromatic rings. The highest BCUT2D eigenvalue weighted by Crippen LogP contribution is 2.22. The number of esters is 1. The molecule has 2 rings (SSSR count). The minimum absolute atomic E-state index is 0.110. The van der Waals surface area contributed by atoms with E-state index in [0.29, 0.717) is 5.69 Å². The molecule has 0 aliphatic heterocycles. The van der Waals surface area contributed by atoms with Gasteiger partial charge in [-0.05, 0) is 24.6 Å². The fourth-order valence-electron chi connectivity index (χ4n) is 1.91. The number of hydrogen-bond donors (Lipinski definition) is 1. The van der Waals surface area contributed by atoms with Gasteiger partial charge in [0.1, 0.15) is 6.61 Å². The van der Waals surface area contributed by atoms with E-state index in [0.717, 1.165) is 5.56 Å². The molecular weight excluding hydrogens is 273 g/mol. The standard InChI is InChI=1S/C16H16FNO3/c1-10-5-3-7-12(15(10)18)16(19)21-9-11-6-4-8-13(20-2)14(11)17/h3-8H,9,18H2,1-2H3. The number of rotatable bonds is 4. The Morgan fingerprint density at radius 1 is 1.24 bits per heavy atom. The van der Waals surface area contributed by atoms with E-state index in [-0.39, 0.29) is 23.5 Å². The summed E-state index contributed by atoms with van der Waals surface area (Å²) >= 11 is 0. The third-order valence-electron chi connectivity index (χ3n) is 3.17. The van der Waals surface area contributed by atoms with Crippen LogP contribution in [0.25, 0.3) is 0 Å². The summed E-state index contributed by atoms with van der Waals surface area (Å²) in [6.45, 7) is 1.61. The molecule has 0 aliphatic carbocycles. The first kappa shape index (κ1) is 14.8. The molecule has 0 amide bonds. The summed E-state index contributed by atoms with van der Waals surface area (Å²) in [7, 11) is 1.38. The number of carbonyl (C=O) groups is 1. The zero-order valence-corrected chi connectivity index (χ0v) is 11.9. The fourth-order valence-corrected chi connectivity index (χ4v) is 1.91. The molecular formula is C16H16FNO3. The summed E-state index contributed by atoms with van der Waals surface area (Å²) in [4.78, 5) is 12.0. The second-order valence-corrected chi connectivity index (χ2v) is 4.55. The van der Waals surface area contributed by atoms with E-state index in [1.54, 1.807) is 31.2 Å². The minimum Gasteiger partial charge on any atom is -0.494 e. The monoisotopic (exact) mass is 289 g/mol. The number of anilines is 1. The topological polar surface area (TPSA) is 61.5 Å². The fraction of sp³-hybridized carbons (Fsp3) is 0.188. The molecule has 0 saturated carbocycles. The van der Waals surface area contributed by atoms with Crippen molar-refractivity contribution >= 4 is 11.7 Å². The molecule has 0 radical (unpaired) electrons. The van der Waals surface area contributed by atoms with Gasteiger partial charge in [-0.3, -0.25) is 0 Å². The Hall–Kier alpha value is -2.56. The summed E-state index contributed by atoms with van der Waals surface area (Å²) in [5, 5.41) is 0. The van der Waals surface area contributed by atoms with E-state index in [9.17, 15) is 9.18 Å². The Balaban J connectivity index is 2.13. The molecule has 0 saturated heterocycles. The Bertz CT molecular complexity index is 671. The molecule has 2 N–H and O–H groups in total. The lowest BCUT2D eigenvalue weighted by molar-refractivity contribution is 0.0469. The van der Waals surface area contributed by atoms with Crippen LogP contribution in [0.4, 0.5) is 10.1 Å². The molecule has 5 heteroatoms. The molecule has 0 spiro atoms. The summed E-state index contributed by atoms with van der Waals surface area (Å²) < 4.78 is 23.9. The summed E-state index contributed by atoms with van der Waals surface area (Å²) in [6.07, 6.45) is 0. The highest BCUT2D eigenvalue weighted by atomic mass is 19.1. The van der Waals surface area contributed by atoms with Crippen molar-refractivity contribution < 1.29 is 18.7 Å². The van der Waals surface area contributed by atoms with Gasteiger partial charge in [-0.25, -0.2) is 9.18 Å². The highest BCUT2D eigenvalue weighted by Gasteiger charge is 2.14. The lowest BCUT2D eigenvalue weighted by atomic mass is 10.1. The van der Waals surface area contributed by atoms with Crippen molar-refractivity contribution in [3.63, 3.8) is 0 Å². The third kappa shape index (κ3) is 3.13. The van der Waals surface area contributed by atoms with Crippen LogP contribution in [0.2, 0.25) is 0 Å². The van der Waals surface area contributed by atoms with Gasteiger partial charge in [0.15, 0.2) is 11.6 Å². The van der Waals surface area contributed by atoms with Crippen molar-refractivity contribution in [1.82, 2.24) is 0 Å². The first-order valence-corrected chi connectivity index (χ1v) is 6.38. The smallest absolute Gasteiger partial charge is 0.340 e. The molecule has 21 heavy (non-hydrogen) atoms. The number of hydrogen-bond acceptors (Lipinski definition) is 4. The van der Waals surface area contributed by atoms with Crippen LogP contribution < -0.4 is 10.5 Å². The van der Waals surface area contributed by atoms with Crippen molar-refractivity contribution in [2.75, 3.05) is 12.8 Å². The number of benzene rings is 2. The minimum atomic E-state index is -0.585. The molecule has 0 unspecified atom stereocenters. The van der Waals surface area contributed by atoms with Gasteiger partial charge in [0.25, 0.3) is 0 Å². The predicted octanol–water partition coefficient (Wildman–Crippen LogP) is 3.08. The zero-order valence-electron chi connectivity index (χ0n) is 11.9. The van der Waals surface area contributed by atoms with Crippen molar-refractivity contribution in [2.24, 2.45) is 0 Å². The maximum Gasteiger partial charge on any atom is 0.340 e. The van der Waals surface area contributed by atoms with Gasteiger partial charge in [0.2, 0.25) is 0 Å². The molecule has 0 aliphatic rings.